The summed E-state index contributed by atoms with van der Waals surface area (Å²) in [6.07, 6.45) is 7.55. The Hall–Kier alpha value is -2.92. The van der Waals surface area contributed by atoms with Crippen molar-refractivity contribution < 1.29 is 33.8 Å². The van der Waals surface area contributed by atoms with Gasteiger partial charge in [0.05, 0.1) is 18.0 Å². The molecule has 5 atom stereocenters. The number of hydrogen-bond acceptors (Lipinski definition) is 7. The lowest BCUT2D eigenvalue weighted by Gasteiger charge is -2.35. The van der Waals surface area contributed by atoms with Crippen molar-refractivity contribution in [2.75, 3.05) is 6.54 Å². The van der Waals surface area contributed by atoms with Crippen LogP contribution >= 0.6 is 11.6 Å². The lowest BCUT2D eigenvalue weighted by molar-refractivity contribution is -0.155. The maximum atomic E-state index is 13.9. The Morgan fingerprint density at radius 1 is 1.08 bits per heavy atom. The summed E-state index contributed by atoms with van der Waals surface area (Å²) in [5, 5.41) is 18.5. The molecule has 0 aromatic carbocycles. The van der Waals surface area contributed by atoms with Crippen LogP contribution in [-0.4, -0.2) is 76.6 Å². The van der Waals surface area contributed by atoms with Gasteiger partial charge in [-0.3, -0.25) is 24.0 Å². The minimum absolute atomic E-state index is 0.0775. The van der Waals surface area contributed by atoms with Crippen molar-refractivity contribution in [3.63, 3.8) is 0 Å². The van der Waals surface area contributed by atoms with Gasteiger partial charge >= 0.3 is 5.97 Å². The number of nitrogens with zero attached hydrogens (tertiary/aromatic N) is 1. The van der Waals surface area contributed by atoms with Gasteiger partial charge in [-0.2, -0.15) is 0 Å². The monoisotopic (exact) mass is 550 g/mol. The zero-order chi connectivity index (χ0) is 27.4. The number of nitrogens with one attached hydrogen (secondary N) is 3. The lowest BCUT2D eigenvalue weighted by atomic mass is 9.83. The van der Waals surface area contributed by atoms with E-state index in [2.05, 4.69) is 16.0 Å². The first-order valence-electron chi connectivity index (χ1n) is 13.3. The van der Waals surface area contributed by atoms with Crippen LogP contribution in [0.1, 0.15) is 64.7 Å². The smallest absolute Gasteiger partial charge is 0.310 e. The normalized spacial score (nSPS) is 28.6. The second-order valence-corrected chi connectivity index (χ2v) is 10.9. The number of hydrogen-bond donors (Lipinski definition) is 4. The molecule has 4 N–H and O–H groups in total. The number of amides is 4. The second kappa shape index (κ2) is 12.3. The third-order valence-corrected chi connectivity index (χ3v) is 8.00. The Morgan fingerprint density at radius 3 is 2.45 bits per heavy atom. The summed E-state index contributed by atoms with van der Waals surface area (Å²) in [5.41, 5.74) is 0.248. The van der Waals surface area contributed by atoms with Gasteiger partial charge in [0, 0.05) is 24.9 Å². The van der Waals surface area contributed by atoms with Crippen LogP contribution in [0.25, 0.3) is 0 Å². The van der Waals surface area contributed by atoms with E-state index in [0.29, 0.717) is 24.4 Å². The Labute approximate surface area is 226 Å². The Balaban J connectivity index is 1.47. The zero-order valence-corrected chi connectivity index (χ0v) is 22.2. The third-order valence-electron chi connectivity index (χ3n) is 7.64. The second-order valence-electron chi connectivity index (χ2n) is 10.4. The molecule has 4 aliphatic rings. The van der Waals surface area contributed by atoms with E-state index in [1.807, 2.05) is 0 Å². The fourth-order valence-corrected chi connectivity index (χ4v) is 6.04. The Morgan fingerprint density at radius 2 is 1.82 bits per heavy atom. The summed E-state index contributed by atoms with van der Waals surface area (Å²) < 4.78 is 4.70. The van der Waals surface area contributed by atoms with Crippen molar-refractivity contribution in [3.8, 4) is 0 Å². The molecule has 0 aromatic rings. The van der Waals surface area contributed by atoms with Crippen LogP contribution in [0.2, 0.25) is 0 Å². The highest BCUT2D eigenvalue weighted by Crippen LogP contribution is 2.30. The van der Waals surface area contributed by atoms with E-state index in [1.54, 1.807) is 12.2 Å². The van der Waals surface area contributed by atoms with Crippen molar-refractivity contribution in [2.45, 2.75) is 95.2 Å². The number of carbonyl (C=O) groups excluding carboxylic acids is 5. The minimum atomic E-state index is -1.42. The summed E-state index contributed by atoms with van der Waals surface area (Å²) in [6.45, 7) is 1.77. The number of carbonyl (C=O) groups is 5. The van der Waals surface area contributed by atoms with Gasteiger partial charge in [0.2, 0.25) is 24.0 Å². The molecule has 2 aliphatic heterocycles. The summed E-state index contributed by atoms with van der Waals surface area (Å²) in [4.78, 5) is 64.6. The van der Waals surface area contributed by atoms with Crippen LogP contribution < -0.4 is 16.0 Å². The quantitative estimate of drug-likeness (QED) is 0.341. The maximum Gasteiger partial charge on any atom is 0.310 e. The SMILES string of the molecule is CC(=O)NC1C=CC(C(=O)N[C@H](C(=O)N2CCC[C@H]2C(=O)N[C@H]2CC(=O)O[C@H]2O)C2CCCCC2)=C(Cl)C1. The summed E-state index contributed by atoms with van der Waals surface area (Å²) in [5.74, 6) is -2.14. The molecule has 2 saturated heterocycles. The van der Waals surface area contributed by atoms with Gasteiger partial charge < -0.3 is 30.7 Å². The predicted molar refractivity (Wildman–Crippen MR) is 136 cm³/mol. The number of cyclic esters (lactones) is 1. The average molecular weight is 551 g/mol. The molecule has 4 rings (SSSR count). The number of aliphatic hydroxyl groups is 1. The van der Waals surface area contributed by atoms with Gasteiger partial charge in [-0.05, 0) is 31.6 Å². The first-order valence-corrected chi connectivity index (χ1v) is 13.6. The topological polar surface area (TPSA) is 154 Å². The van der Waals surface area contributed by atoms with Gasteiger partial charge in [-0.1, -0.05) is 43.0 Å². The van der Waals surface area contributed by atoms with E-state index in [0.717, 1.165) is 32.1 Å². The van der Waals surface area contributed by atoms with Gasteiger partial charge in [0.15, 0.2) is 0 Å². The van der Waals surface area contributed by atoms with E-state index < -0.39 is 42.2 Å². The van der Waals surface area contributed by atoms with E-state index in [1.165, 1.54) is 11.8 Å². The molecule has 0 aromatic heterocycles. The molecular formula is C26H35ClN4O7. The molecule has 1 saturated carbocycles. The van der Waals surface area contributed by atoms with E-state index in [-0.39, 0.29) is 42.2 Å². The molecule has 208 valence electrons. The number of halogens is 1. The van der Waals surface area contributed by atoms with Crippen LogP contribution in [0.3, 0.4) is 0 Å². The molecular weight excluding hydrogens is 516 g/mol. The van der Waals surface area contributed by atoms with Crippen molar-refractivity contribution in [2.24, 2.45) is 5.92 Å². The maximum absolute atomic E-state index is 13.9. The molecule has 11 nitrogen and oxygen atoms in total. The highest BCUT2D eigenvalue weighted by Gasteiger charge is 2.43. The average Bonchev–Trinajstić information content (AvgIpc) is 3.48. The first-order chi connectivity index (χ1) is 18.1. The van der Waals surface area contributed by atoms with Crippen LogP contribution in [-0.2, 0) is 28.7 Å². The zero-order valence-electron chi connectivity index (χ0n) is 21.4. The van der Waals surface area contributed by atoms with Crippen molar-refractivity contribution in [1.29, 1.82) is 0 Å². The third kappa shape index (κ3) is 6.55. The summed E-state index contributed by atoms with van der Waals surface area (Å²) in [6, 6.07) is -2.77. The fraction of sp³-hybridized carbons (Fsp3) is 0.654. The lowest BCUT2D eigenvalue weighted by Crippen LogP contribution is -2.57. The number of aliphatic hydroxyl groups excluding tert-OH is 1. The number of esters is 1. The van der Waals surface area contributed by atoms with Crippen LogP contribution in [0, 0.1) is 5.92 Å². The molecule has 2 heterocycles. The highest BCUT2D eigenvalue weighted by atomic mass is 35.5. The minimum Gasteiger partial charge on any atom is -0.434 e. The number of ether oxygens (including phenoxy) is 1. The molecule has 0 spiro atoms. The molecule has 2 aliphatic carbocycles. The molecule has 4 amide bonds. The van der Waals surface area contributed by atoms with E-state index in [9.17, 15) is 29.1 Å². The van der Waals surface area contributed by atoms with Crippen LogP contribution in [0.15, 0.2) is 22.8 Å². The number of likely N-dealkylation sites (tertiary alicyclic amines) is 1. The van der Waals surface area contributed by atoms with Crippen LogP contribution in [0.4, 0.5) is 0 Å². The molecule has 12 heteroatoms. The molecule has 38 heavy (non-hydrogen) atoms. The van der Waals surface area contributed by atoms with Gasteiger partial charge in [0.25, 0.3) is 5.91 Å². The molecule has 1 unspecified atom stereocenters. The van der Waals surface area contributed by atoms with Gasteiger partial charge in [-0.15, -0.1) is 0 Å². The summed E-state index contributed by atoms with van der Waals surface area (Å²) >= 11 is 6.41. The van der Waals surface area contributed by atoms with Crippen molar-refractivity contribution in [3.05, 3.63) is 22.8 Å². The fourth-order valence-electron chi connectivity index (χ4n) is 5.73. The molecule has 0 bridgehead atoms. The van der Waals surface area contributed by atoms with Crippen molar-refractivity contribution in [1.82, 2.24) is 20.9 Å². The van der Waals surface area contributed by atoms with Gasteiger partial charge in [-0.25, -0.2) is 0 Å². The standard InChI is InChI=1S/C26H35ClN4O7/c1-14(32)28-16-9-10-17(18(27)12-16)23(34)30-22(15-6-3-2-4-7-15)25(36)31-11-5-8-20(31)24(35)29-19-13-21(33)38-26(19)37/h9-10,15-16,19-20,22,26,37H,2-8,11-13H2,1H3,(H,28,32)(H,29,35)(H,30,34)/t16?,19-,20-,22-,26+/m0/s1. The molecule has 0 radical (unpaired) electrons. The molecule has 3 fully saturated rings. The van der Waals surface area contributed by atoms with Gasteiger partial charge in [0.1, 0.15) is 18.1 Å². The summed E-state index contributed by atoms with van der Waals surface area (Å²) in [7, 11) is 0. The largest absolute Gasteiger partial charge is 0.434 e. The number of rotatable bonds is 7. The highest BCUT2D eigenvalue weighted by molar-refractivity contribution is 6.32. The first kappa shape index (κ1) is 28.1. The van der Waals surface area contributed by atoms with E-state index >= 15 is 0 Å². The predicted octanol–water partition coefficient (Wildman–Crippen LogP) is 0.750. The Kier molecular flexibility index (Phi) is 9.09. The van der Waals surface area contributed by atoms with Crippen LogP contribution in [0.5, 0.6) is 0 Å². The van der Waals surface area contributed by atoms with Crippen molar-refractivity contribution >= 4 is 41.2 Å². The Bertz CT molecular complexity index is 1040. The van der Waals surface area contributed by atoms with E-state index in [4.69, 9.17) is 16.3 Å².